The number of nitrogens with two attached hydrogens (primary N) is 1. The molecule has 2 unspecified atom stereocenters. The highest BCUT2D eigenvalue weighted by Gasteiger charge is 2.24. The molecule has 1 aromatic rings. The topological polar surface area (TPSA) is 29.3 Å². The van der Waals surface area contributed by atoms with E-state index >= 15 is 0 Å². The molecule has 0 bridgehead atoms. The molecule has 1 aliphatic rings. The highest BCUT2D eigenvalue weighted by molar-refractivity contribution is 9.10. The number of nitrogens with zero attached hydrogens (tertiary/aromatic N) is 1. The maximum atomic E-state index is 6.01. The summed E-state index contributed by atoms with van der Waals surface area (Å²) in [4.78, 5) is 2.53. The molecule has 0 radical (unpaired) electrons. The lowest BCUT2D eigenvalue weighted by Crippen LogP contribution is -2.42. The molecular formula is C14H21BrN2S. The number of hydrogen-bond donors (Lipinski definition) is 1. The normalized spacial score (nSPS) is 23.0. The van der Waals surface area contributed by atoms with Crippen LogP contribution in [0.4, 0.5) is 0 Å². The molecule has 0 saturated carbocycles. The molecule has 18 heavy (non-hydrogen) atoms. The van der Waals surface area contributed by atoms with Crippen molar-refractivity contribution in [3.8, 4) is 0 Å². The average Bonchev–Trinajstić information content (AvgIpc) is 2.35. The van der Waals surface area contributed by atoms with E-state index in [-0.39, 0.29) is 0 Å². The zero-order chi connectivity index (χ0) is 13.1. The summed E-state index contributed by atoms with van der Waals surface area (Å²) in [6.07, 6.45) is 0. The standard InChI is InChI=1S/C14H21BrN2S/c1-10-7-12(3-4-13(10)15)14(8-16)17-5-6-18-11(2)9-17/h3-4,7,11,14H,5-6,8-9,16H2,1-2H3. The van der Waals surface area contributed by atoms with Crippen LogP contribution in [-0.4, -0.2) is 35.5 Å². The van der Waals surface area contributed by atoms with Crippen molar-refractivity contribution in [2.45, 2.75) is 25.1 Å². The minimum absolute atomic E-state index is 0.361. The lowest BCUT2D eigenvalue weighted by molar-refractivity contribution is 0.211. The number of hydrogen-bond acceptors (Lipinski definition) is 3. The Morgan fingerprint density at radius 1 is 1.56 bits per heavy atom. The molecule has 0 amide bonds. The number of halogens is 1. The van der Waals surface area contributed by atoms with Crippen molar-refractivity contribution in [2.75, 3.05) is 25.4 Å². The van der Waals surface area contributed by atoms with Gasteiger partial charge in [0, 0.05) is 41.2 Å². The van der Waals surface area contributed by atoms with Crippen molar-refractivity contribution in [1.82, 2.24) is 4.90 Å². The quantitative estimate of drug-likeness (QED) is 0.923. The van der Waals surface area contributed by atoms with Crippen LogP contribution in [0.15, 0.2) is 22.7 Å². The van der Waals surface area contributed by atoms with Crippen molar-refractivity contribution in [1.29, 1.82) is 0 Å². The van der Waals surface area contributed by atoms with Gasteiger partial charge < -0.3 is 5.73 Å². The van der Waals surface area contributed by atoms with Crippen LogP contribution in [0, 0.1) is 6.92 Å². The minimum Gasteiger partial charge on any atom is -0.329 e. The first-order valence-electron chi connectivity index (χ1n) is 6.43. The summed E-state index contributed by atoms with van der Waals surface area (Å²) in [7, 11) is 0. The van der Waals surface area contributed by atoms with Gasteiger partial charge in [0.15, 0.2) is 0 Å². The molecule has 2 N–H and O–H groups in total. The highest BCUT2D eigenvalue weighted by Crippen LogP contribution is 2.28. The molecule has 1 heterocycles. The summed E-state index contributed by atoms with van der Waals surface area (Å²) in [5.74, 6) is 1.22. The summed E-state index contributed by atoms with van der Waals surface area (Å²) >= 11 is 5.62. The fraction of sp³-hybridized carbons (Fsp3) is 0.571. The Balaban J connectivity index is 2.18. The van der Waals surface area contributed by atoms with Gasteiger partial charge in [-0.25, -0.2) is 0 Å². The van der Waals surface area contributed by atoms with Gasteiger partial charge >= 0.3 is 0 Å². The Hall–Kier alpha value is -0.0300. The largest absolute Gasteiger partial charge is 0.329 e. The van der Waals surface area contributed by atoms with E-state index in [1.54, 1.807) is 0 Å². The molecule has 100 valence electrons. The molecule has 0 spiro atoms. The van der Waals surface area contributed by atoms with Gasteiger partial charge in [0.05, 0.1) is 0 Å². The first-order chi connectivity index (χ1) is 8.61. The van der Waals surface area contributed by atoms with Gasteiger partial charge in [-0.3, -0.25) is 4.90 Å². The fourth-order valence-electron chi connectivity index (χ4n) is 2.50. The number of rotatable bonds is 3. The van der Waals surface area contributed by atoms with E-state index in [0.29, 0.717) is 17.8 Å². The number of aryl methyl sites for hydroxylation is 1. The smallest absolute Gasteiger partial charge is 0.0471 e. The Bertz CT molecular complexity index is 411. The number of thioether (sulfide) groups is 1. The third-order valence-corrected chi connectivity index (χ3v) is 5.53. The first kappa shape index (κ1) is 14.4. The lowest BCUT2D eigenvalue weighted by Gasteiger charge is -2.36. The third kappa shape index (κ3) is 3.29. The SMILES string of the molecule is Cc1cc(C(CN)N2CCSC(C)C2)ccc1Br. The minimum atomic E-state index is 0.361. The lowest BCUT2D eigenvalue weighted by atomic mass is 10.0. The molecule has 1 aliphatic heterocycles. The van der Waals surface area contributed by atoms with Crippen molar-refractivity contribution in [3.63, 3.8) is 0 Å². The second-order valence-electron chi connectivity index (χ2n) is 4.94. The van der Waals surface area contributed by atoms with Crippen LogP contribution in [-0.2, 0) is 0 Å². The van der Waals surface area contributed by atoms with Crippen LogP contribution in [0.3, 0.4) is 0 Å². The second-order valence-corrected chi connectivity index (χ2v) is 7.34. The molecule has 0 aromatic heterocycles. The van der Waals surface area contributed by atoms with Crippen LogP contribution in [0.25, 0.3) is 0 Å². The van der Waals surface area contributed by atoms with Gasteiger partial charge in [-0.05, 0) is 24.1 Å². The predicted molar refractivity (Wildman–Crippen MR) is 84.2 cm³/mol. The van der Waals surface area contributed by atoms with Crippen LogP contribution in [0.5, 0.6) is 0 Å². The van der Waals surface area contributed by atoms with Crippen molar-refractivity contribution < 1.29 is 0 Å². The monoisotopic (exact) mass is 328 g/mol. The average molecular weight is 329 g/mol. The predicted octanol–water partition coefficient (Wildman–Crippen LogP) is 3.19. The molecule has 0 aliphatic carbocycles. The zero-order valence-electron chi connectivity index (χ0n) is 11.0. The Kier molecular flexibility index (Phi) is 5.13. The molecule has 4 heteroatoms. The Morgan fingerprint density at radius 2 is 2.33 bits per heavy atom. The zero-order valence-corrected chi connectivity index (χ0v) is 13.4. The molecule has 1 saturated heterocycles. The third-order valence-electron chi connectivity index (χ3n) is 3.50. The highest BCUT2D eigenvalue weighted by atomic mass is 79.9. The van der Waals surface area contributed by atoms with Gasteiger partial charge in [0.2, 0.25) is 0 Å². The molecule has 1 aromatic carbocycles. The van der Waals surface area contributed by atoms with Crippen LogP contribution in [0.1, 0.15) is 24.1 Å². The Labute approximate surface area is 122 Å². The number of benzene rings is 1. The molecule has 2 nitrogen and oxygen atoms in total. The molecule has 2 rings (SSSR count). The van der Waals surface area contributed by atoms with Crippen LogP contribution < -0.4 is 5.73 Å². The second kappa shape index (κ2) is 6.42. The first-order valence-corrected chi connectivity index (χ1v) is 8.27. The maximum Gasteiger partial charge on any atom is 0.0471 e. The molecular weight excluding hydrogens is 308 g/mol. The van der Waals surface area contributed by atoms with Crippen molar-refractivity contribution >= 4 is 27.7 Å². The Morgan fingerprint density at radius 3 is 2.94 bits per heavy atom. The van der Waals surface area contributed by atoms with E-state index in [0.717, 1.165) is 13.1 Å². The van der Waals surface area contributed by atoms with Crippen LogP contribution in [0.2, 0.25) is 0 Å². The molecule has 2 atom stereocenters. The fourth-order valence-corrected chi connectivity index (χ4v) is 3.79. The van der Waals surface area contributed by atoms with Gasteiger partial charge in [-0.15, -0.1) is 0 Å². The van der Waals surface area contributed by atoms with E-state index in [1.807, 2.05) is 0 Å². The summed E-state index contributed by atoms with van der Waals surface area (Å²) in [5, 5.41) is 0.712. The van der Waals surface area contributed by atoms with E-state index in [4.69, 9.17) is 5.73 Å². The summed E-state index contributed by atoms with van der Waals surface area (Å²) < 4.78 is 1.17. The van der Waals surface area contributed by atoms with Crippen molar-refractivity contribution in [2.24, 2.45) is 5.73 Å². The summed E-state index contributed by atoms with van der Waals surface area (Å²) in [6.45, 7) is 7.42. The van der Waals surface area contributed by atoms with E-state index in [1.165, 1.54) is 21.4 Å². The van der Waals surface area contributed by atoms with Crippen molar-refractivity contribution in [3.05, 3.63) is 33.8 Å². The van der Waals surface area contributed by atoms with Gasteiger partial charge in [-0.2, -0.15) is 11.8 Å². The molecule has 1 fully saturated rings. The van der Waals surface area contributed by atoms with E-state index < -0.39 is 0 Å². The van der Waals surface area contributed by atoms with E-state index in [2.05, 4.69) is 64.6 Å². The van der Waals surface area contributed by atoms with E-state index in [9.17, 15) is 0 Å². The van der Waals surface area contributed by atoms with Gasteiger partial charge in [-0.1, -0.05) is 35.0 Å². The van der Waals surface area contributed by atoms with Gasteiger partial charge in [0.1, 0.15) is 0 Å². The van der Waals surface area contributed by atoms with Crippen LogP contribution >= 0.6 is 27.7 Å². The summed E-state index contributed by atoms with van der Waals surface area (Å²) in [6, 6.07) is 6.95. The summed E-state index contributed by atoms with van der Waals surface area (Å²) in [5.41, 5.74) is 8.64. The maximum absolute atomic E-state index is 6.01. The van der Waals surface area contributed by atoms with Gasteiger partial charge in [0.25, 0.3) is 0 Å².